The third-order valence-corrected chi connectivity index (χ3v) is 6.00. The predicted molar refractivity (Wildman–Crippen MR) is 107 cm³/mol. The van der Waals surface area contributed by atoms with E-state index in [0.717, 1.165) is 6.42 Å². The molecule has 6 heteroatoms. The van der Waals surface area contributed by atoms with Crippen LogP contribution in [0.5, 0.6) is 5.75 Å². The maximum absolute atomic E-state index is 13.0. The predicted octanol–water partition coefficient (Wildman–Crippen LogP) is 2.87. The summed E-state index contributed by atoms with van der Waals surface area (Å²) < 4.78 is 11.3. The van der Waals surface area contributed by atoms with Crippen molar-refractivity contribution in [3.63, 3.8) is 0 Å². The van der Waals surface area contributed by atoms with E-state index in [9.17, 15) is 14.7 Å². The van der Waals surface area contributed by atoms with Crippen molar-refractivity contribution in [2.24, 2.45) is 11.3 Å². The van der Waals surface area contributed by atoms with Crippen LogP contribution in [-0.2, 0) is 16.0 Å². The molecule has 2 aliphatic heterocycles. The lowest BCUT2D eigenvalue weighted by molar-refractivity contribution is -0.157. The van der Waals surface area contributed by atoms with Gasteiger partial charge in [0, 0.05) is 37.6 Å². The van der Waals surface area contributed by atoms with E-state index in [1.54, 1.807) is 23.1 Å². The molecule has 0 aromatic heterocycles. The minimum Gasteiger partial charge on any atom is -0.493 e. The van der Waals surface area contributed by atoms with E-state index in [4.69, 9.17) is 9.47 Å². The summed E-state index contributed by atoms with van der Waals surface area (Å²) in [6.07, 6.45) is 1.23. The van der Waals surface area contributed by atoms with Crippen LogP contribution < -0.4 is 4.74 Å². The summed E-state index contributed by atoms with van der Waals surface area (Å²) in [4.78, 5) is 26.6. The molecule has 0 saturated carbocycles. The lowest BCUT2D eigenvalue weighted by Crippen LogP contribution is -2.45. The van der Waals surface area contributed by atoms with Gasteiger partial charge in [0.1, 0.15) is 5.75 Å². The van der Waals surface area contributed by atoms with Crippen LogP contribution >= 0.6 is 0 Å². The van der Waals surface area contributed by atoms with Crippen molar-refractivity contribution in [1.29, 1.82) is 0 Å². The molecule has 2 aromatic carbocycles. The first-order valence-corrected chi connectivity index (χ1v) is 9.96. The van der Waals surface area contributed by atoms with Crippen LogP contribution in [0.2, 0.25) is 0 Å². The Balaban J connectivity index is 1.41. The van der Waals surface area contributed by atoms with Gasteiger partial charge >= 0.3 is 5.97 Å². The van der Waals surface area contributed by atoms with Gasteiger partial charge in [-0.05, 0) is 30.2 Å². The Morgan fingerprint density at radius 3 is 2.76 bits per heavy atom. The van der Waals surface area contributed by atoms with E-state index >= 15 is 0 Å². The second-order valence-corrected chi connectivity index (χ2v) is 7.78. The lowest BCUT2D eigenvalue weighted by atomic mass is 9.74. The summed E-state index contributed by atoms with van der Waals surface area (Å²) in [5.41, 5.74) is 0.820. The van der Waals surface area contributed by atoms with Gasteiger partial charge in [-0.3, -0.25) is 9.59 Å². The Hall–Kier alpha value is -2.86. The molecule has 2 heterocycles. The fourth-order valence-corrected chi connectivity index (χ4v) is 4.29. The highest BCUT2D eigenvalue weighted by Crippen LogP contribution is 2.42. The Bertz CT molecular complexity index is 884. The summed E-state index contributed by atoms with van der Waals surface area (Å²) in [7, 11) is 0. The molecule has 6 nitrogen and oxygen atoms in total. The number of benzene rings is 2. The van der Waals surface area contributed by atoms with Crippen LogP contribution in [0.25, 0.3) is 0 Å². The number of carbonyl (C=O) groups excluding carboxylic acids is 1. The van der Waals surface area contributed by atoms with Crippen LogP contribution in [0.3, 0.4) is 0 Å². The maximum Gasteiger partial charge on any atom is 0.311 e. The third-order valence-electron chi connectivity index (χ3n) is 6.00. The fourth-order valence-electron chi connectivity index (χ4n) is 4.29. The van der Waals surface area contributed by atoms with Gasteiger partial charge in [0.15, 0.2) is 0 Å². The van der Waals surface area contributed by atoms with Crippen LogP contribution in [0.15, 0.2) is 54.6 Å². The van der Waals surface area contributed by atoms with Gasteiger partial charge in [0.05, 0.1) is 18.6 Å². The van der Waals surface area contributed by atoms with E-state index in [1.165, 1.54) is 5.56 Å². The minimum atomic E-state index is -0.891. The Morgan fingerprint density at radius 1 is 1.17 bits per heavy atom. The summed E-state index contributed by atoms with van der Waals surface area (Å²) in [6.45, 7) is 1.97. The van der Waals surface area contributed by atoms with E-state index in [-0.39, 0.29) is 18.4 Å². The molecule has 1 N–H and O–H groups in total. The number of amides is 1. The monoisotopic (exact) mass is 395 g/mol. The zero-order valence-corrected chi connectivity index (χ0v) is 16.3. The lowest BCUT2D eigenvalue weighted by Gasteiger charge is -2.33. The van der Waals surface area contributed by atoms with Gasteiger partial charge < -0.3 is 19.5 Å². The molecule has 2 fully saturated rings. The van der Waals surface area contributed by atoms with Crippen molar-refractivity contribution in [2.45, 2.75) is 12.8 Å². The molecular formula is C23H25NO5. The van der Waals surface area contributed by atoms with Crippen LogP contribution in [0, 0.1) is 11.3 Å². The van der Waals surface area contributed by atoms with E-state index in [1.807, 2.05) is 24.3 Å². The first-order valence-electron chi connectivity index (χ1n) is 9.96. The number of likely N-dealkylation sites (tertiary alicyclic amines) is 1. The summed E-state index contributed by atoms with van der Waals surface area (Å²) >= 11 is 0. The number of aliphatic carboxylic acids is 1. The Morgan fingerprint density at radius 2 is 2.00 bits per heavy atom. The quantitative estimate of drug-likeness (QED) is 0.814. The molecule has 1 amide bonds. The molecular weight excluding hydrogens is 370 g/mol. The molecule has 2 unspecified atom stereocenters. The summed E-state index contributed by atoms with van der Waals surface area (Å²) in [5, 5.41) is 9.79. The molecule has 152 valence electrons. The number of rotatable bonds is 6. The average molecular weight is 395 g/mol. The molecule has 0 bridgehead atoms. The SMILES string of the molecule is O=C(c1cccc(OCCc2ccccc2)c1)N1CC2COCCC2(C(=O)O)C1. The number of hydrogen-bond donors (Lipinski definition) is 1. The van der Waals surface area contributed by atoms with E-state index < -0.39 is 11.4 Å². The molecule has 0 aliphatic carbocycles. The van der Waals surface area contributed by atoms with Gasteiger partial charge in [-0.25, -0.2) is 0 Å². The van der Waals surface area contributed by atoms with E-state index in [2.05, 4.69) is 12.1 Å². The second kappa shape index (κ2) is 8.25. The van der Waals surface area contributed by atoms with Crippen LogP contribution in [0.4, 0.5) is 0 Å². The van der Waals surface area contributed by atoms with Crippen LogP contribution in [-0.4, -0.2) is 54.8 Å². The van der Waals surface area contributed by atoms with Crippen molar-refractivity contribution in [1.82, 2.24) is 4.90 Å². The molecule has 2 atom stereocenters. The molecule has 0 spiro atoms. The largest absolute Gasteiger partial charge is 0.493 e. The minimum absolute atomic E-state index is 0.159. The highest BCUT2D eigenvalue weighted by molar-refractivity contribution is 5.95. The van der Waals surface area contributed by atoms with Crippen molar-refractivity contribution < 1.29 is 24.2 Å². The number of carboxylic acids is 1. The molecule has 2 saturated heterocycles. The van der Waals surface area contributed by atoms with Gasteiger partial charge in [-0.2, -0.15) is 0 Å². The summed E-state index contributed by atoms with van der Waals surface area (Å²) in [6, 6.07) is 17.2. The average Bonchev–Trinajstić information content (AvgIpc) is 3.15. The summed E-state index contributed by atoms with van der Waals surface area (Å²) in [5.74, 6) is -0.518. The van der Waals surface area contributed by atoms with Crippen molar-refractivity contribution in [3.8, 4) is 5.75 Å². The van der Waals surface area contributed by atoms with Crippen molar-refractivity contribution >= 4 is 11.9 Å². The van der Waals surface area contributed by atoms with Crippen LogP contribution in [0.1, 0.15) is 22.3 Å². The standard InChI is InChI=1S/C23H25NO5/c25-21(24-14-19-15-28-12-10-23(19,16-24)22(26)27)18-7-4-8-20(13-18)29-11-9-17-5-2-1-3-6-17/h1-8,13,19H,9-12,14-16H2,(H,26,27). The Kier molecular flexibility index (Phi) is 5.53. The number of carbonyl (C=O) groups is 2. The molecule has 0 radical (unpaired) electrons. The van der Waals surface area contributed by atoms with Gasteiger partial charge in [0.25, 0.3) is 5.91 Å². The number of ether oxygens (including phenoxy) is 2. The molecule has 29 heavy (non-hydrogen) atoms. The maximum atomic E-state index is 13.0. The number of hydrogen-bond acceptors (Lipinski definition) is 4. The molecule has 2 aromatic rings. The van der Waals surface area contributed by atoms with Gasteiger partial charge in [-0.1, -0.05) is 36.4 Å². The zero-order valence-electron chi connectivity index (χ0n) is 16.3. The van der Waals surface area contributed by atoms with Crippen molar-refractivity contribution in [2.75, 3.05) is 32.9 Å². The second-order valence-electron chi connectivity index (χ2n) is 7.78. The van der Waals surface area contributed by atoms with E-state index in [0.29, 0.717) is 44.1 Å². The number of nitrogens with zero attached hydrogens (tertiary/aromatic N) is 1. The molecule has 4 rings (SSSR count). The number of fused-ring (bicyclic) bond motifs is 1. The smallest absolute Gasteiger partial charge is 0.311 e. The first kappa shape index (κ1) is 19.5. The van der Waals surface area contributed by atoms with Gasteiger partial charge in [-0.15, -0.1) is 0 Å². The highest BCUT2D eigenvalue weighted by atomic mass is 16.5. The highest BCUT2D eigenvalue weighted by Gasteiger charge is 2.54. The zero-order chi connectivity index (χ0) is 20.3. The normalized spacial score (nSPS) is 23.4. The topological polar surface area (TPSA) is 76.1 Å². The van der Waals surface area contributed by atoms with Gasteiger partial charge in [0.2, 0.25) is 0 Å². The third kappa shape index (κ3) is 3.98. The number of carboxylic acid groups (broad SMARTS) is 1. The first-order chi connectivity index (χ1) is 14.1. The molecule has 2 aliphatic rings. The van der Waals surface area contributed by atoms with Crippen molar-refractivity contribution in [3.05, 3.63) is 65.7 Å². The Labute approximate surface area is 170 Å². The fraction of sp³-hybridized carbons (Fsp3) is 0.391.